The second-order valence-corrected chi connectivity index (χ2v) is 9.19. The van der Waals surface area contributed by atoms with Gasteiger partial charge in [0.15, 0.2) is 0 Å². The molecular weight excluding hydrogens is 590 g/mol. The van der Waals surface area contributed by atoms with Crippen molar-refractivity contribution < 1.29 is 71.0 Å². The number of ether oxygens (including phenoxy) is 2. The van der Waals surface area contributed by atoms with Crippen molar-refractivity contribution >= 4 is 43.9 Å². The minimum atomic E-state index is -4.85. The molecule has 1 radical (unpaired) electrons. The van der Waals surface area contributed by atoms with Gasteiger partial charge in [0.25, 0.3) is 0 Å². The van der Waals surface area contributed by atoms with Gasteiger partial charge in [0.05, 0.1) is 35.2 Å². The van der Waals surface area contributed by atoms with E-state index >= 15 is 0 Å². The molecule has 0 spiro atoms. The van der Waals surface area contributed by atoms with Crippen molar-refractivity contribution in [1.82, 2.24) is 0 Å². The minimum absolute atomic E-state index is 0. The van der Waals surface area contributed by atoms with Gasteiger partial charge in [0, 0.05) is 28.2 Å². The van der Waals surface area contributed by atoms with Crippen LogP contribution in [0.15, 0.2) is 70.5 Å². The first-order chi connectivity index (χ1) is 16.7. The van der Waals surface area contributed by atoms with Gasteiger partial charge >= 0.3 is 32.4 Å². The molecule has 0 fully saturated rings. The van der Waals surface area contributed by atoms with E-state index in [1.54, 1.807) is 13.8 Å². The van der Waals surface area contributed by atoms with Crippen LogP contribution in [0.3, 0.4) is 0 Å². The molecule has 0 bridgehead atoms. The number of carbonyl (C=O) groups is 2. The number of hydrogen-bond donors (Lipinski definition) is 2. The number of halogens is 2. The van der Waals surface area contributed by atoms with Crippen LogP contribution in [0.5, 0.6) is 0 Å². The Balaban J connectivity index is 0.000000682. The predicted octanol–water partition coefficient (Wildman–Crippen LogP) is 3.61. The van der Waals surface area contributed by atoms with Crippen LogP contribution in [0.1, 0.15) is 25.0 Å². The van der Waals surface area contributed by atoms with Crippen molar-refractivity contribution in [2.45, 2.75) is 23.6 Å². The quantitative estimate of drug-likeness (QED) is 0.148. The number of rotatable bonds is 8. The van der Waals surface area contributed by atoms with E-state index < -0.39 is 53.7 Å². The van der Waals surface area contributed by atoms with Crippen LogP contribution in [0, 0.1) is 0 Å². The third-order valence-corrected chi connectivity index (χ3v) is 5.54. The molecule has 37 heavy (non-hydrogen) atoms. The summed E-state index contributed by atoms with van der Waals surface area (Å²) in [5.41, 5.74) is 0.00329. The Morgan fingerprint density at radius 2 is 1.08 bits per heavy atom. The normalized spacial score (nSPS) is 11.9. The molecule has 207 valence electrons. The molecule has 0 heterocycles. The zero-order chi connectivity index (χ0) is 27.5. The van der Waals surface area contributed by atoms with Gasteiger partial charge in [-0.15, -0.1) is 7.77 Å². The summed E-state index contributed by atoms with van der Waals surface area (Å²) in [4.78, 5) is 20.9. The number of aliphatic hydroxyl groups excluding tert-OH is 2. The van der Waals surface area contributed by atoms with E-state index in [1.165, 1.54) is 24.3 Å². The van der Waals surface area contributed by atoms with Crippen molar-refractivity contribution in [3.8, 4) is 0 Å². The SMILES string of the molecule is CCOC(=O)/C=C(\O)c1cccc(S(=O)(=O)F)c1.CCOC(=O)/C=C(\O)c1cccc(S(=O)(=O)F)c1.[Cu]. The van der Waals surface area contributed by atoms with Gasteiger partial charge in [-0.25, -0.2) is 9.59 Å². The van der Waals surface area contributed by atoms with Crippen molar-refractivity contribution in [3.05, 3.63) is 71.8 Å². The van der Waals surface area contributed by atoms with Gasteiger partial charge in [-0.2, -0.15) is 16.8 Å². The maximum atomic E-state index is 12.7. The first kappa shape index (κ1) is 33.7. The van der Waals surface area contributed by atoms with Gasteiger partial charge in [0.2, 0.25) is 0 Å². The second-order valence-electron chi connectivity index (χ2n) is 6.49. The molecule has 0 saturated heterocycles. The molecule has 0 saturated carbocycles. The summed E-state index contributed by atoms with van der Waals surface area (Å²) >= 11 is 0. The maximum Gasteiger partial charge on any atom is 0.334 e. The van der Waals surface area contributed by atoms with E-state index in [4.69, 9.17) is 0 Å². The average Bonchev–Trinajstić information content (AvgIpc) is 2.79. The number of carbonyl (C=O) groups excluding carboxylic acids is 2. The first-order valence-corrected chi connectivity index (χ1v) is 12.7. The zero-order valence-electron chi connectivity index (χ0n) is 19.2. The molecule has 15 heteroatoms. The number of hydrogen-bond acceptors (Lipinski definition) is 10. The van der Waals surface area contributed by atoms with Gasteiger partial charge in [-0.05, 0) is 38.1 Å². The van der Waals surface area contributed by atoms with E-state index in [-0.39, 0.29) is 41.4 Å². The Morgan fingerprint density at radius 1 is 0.757 bits per heavy atom. The van der Waals surface area contributed by atoms with Crippen LogP contribution in [0.4, 0.5) is 7.77 Å². The molecular formula is C22H22CuF2O10S2. The van der Waals surface area contributed by atoms with E-state index in [0.717, 1.165) is 36.4 Å². The van der Waals surface area contributed by atoms with E-state index in [0.29, 0.717) is 0 Å². The average molecular weight is 612 g/mol. The zero-order valence-corrected chi connectivity index (χ0v) is 21.8. The third kappa shape index (κ3) is 12.0. The van der Waals surface area contributed by atoms with Crippen molar-refractivity contribution in [1.29, 1.82) is 0 Å². The van der Waals surface area contributed by atoms with E-state index in [9.17, 15) is 44.4 Å². The van der Waals surface area contributed by atoms with E-state index in [2.05, 4.69) is 9.47 Å². The van der Waals surface area contributed by atoms with Crippen LogP contribution < -0.4 is 0 Å². The summed E-state index contributed by atoms with van der Waals surface area (Å²) in [6.07, 6.45) is 1.57. The van der Waals surface area contributed by atoms with Gasteiger partial charge in [-0.3, -0.25) is 0 Å². The largest absolute Gasteiger partial charge is 0.507 e. The molecule has 2 aromatic rings. The summed E-state index contributed by atoms with van der Waals surface area (Å²) < 4.78 is 77.3. The van der Waals surface area contributed by atoms with Crippen molar-refractivity contribution in [3.63, 3.8) is 0 Å². The fourth-order valence-corrected chi connectivity index (χ4v) is 3.39. The summed E-state index contributed by atoms with van der Waals surface area (Å²) in [6, 6.07) is 9.07. The Labute approximate surface area is 223 Å². The molecule has 2 N–H and O–H groups in total. The monoisotopic (exact) mass is 611 g/mol. The molecule has 0 aromatic heterocycles. The summed E-state index contributed by atoms with van der Waals surface area (Å²) in [6.45, 7) is 3.47. The van der Waals surface area contributed by atoms with Gasteiger partial charge in [0.1, 0.15) is 11.5 Å². The molecule has 2 aromatic carbocycles. The minimum Gasteiger partial charge on any atom is -0.507 e. The van der Waals surface area contributed by atoms with Crippen LogP contribution >= 0.6 is 0 Å². The summed E-state index contributed by atoms with van der Waals surface area (Å²) in [5, 5.41) is 19.1. The molecule has 0 aliphatic carbocycles. The maximum absolute atomic E-state index is 12.7. The number of benzene rings is 2. The summed E-state index contributed by atoms with van der Waals surface area (Å²) in [7, 11) is -9.70. The van der Waals surface area contributed by atoms with Crippen molar-refractivity contribution in [2.24, 2.45) is 0 Å². The van der Waals surface area contributed by atoms with Crippen LogP contribution in [-0.2, 0) is 56.6 Å². The predicted molar refractivity (Wildman–Crippen MR) is 124 cm³/mol. The van der Waals surface area contributed by atoms with Gasteiger partial charge < -0.3 is 19.7 Å². The molecule has 0 amide bonds. The Morgan fingerprint density at radius 3 is 1.35 bits per heavy atom. The molecule has 0 aliphatic heterocycles. The van der Waals surface area contributed by atoms with Crippen LogP contribution in [0.2, 0.25) is 0 Å². The Hall–Kier alpha value is -3.26. The van der Waals surface area contributed by atoms with Gasteiger partial charge in [-0.1, -0.05) is 24.3 Å². The Bertz CT molecular complexity index is 1270. The number of esters is 2. The molecule has 0 atom stereocenters. The third-order valence-electron chi connectivity index (χ3n) is 3.91. The standard InChI is InChI=1S/2C11H11FO5S.Cu/c2*1-2-17-11(14)7-10(13)8-4-3-5-9(6-8)18(12,15)16;/h2*3-7,13H,2H2,1H3;/b2*10-7-;. The summed E-state index contributed by atoms with van der Waals surface area (Å²) in [5.74, 6) is -2.55. The topological polar surface area (TPSA) is 161 Å². The Kier molecular flexibility index (Phi) is 13.8. The fourth-order valence-electron chi connectivity index (χ4n) is 2.37. The molecule has 10 nitrogen and oxygen atoms in total. The van der Waals surface area contributed by atoms with E-state index in [1.807, 2.05) is 0 Å². The molecule has 2 rings (SSSR count). The van der Waals surface area contributed by atoms with Crippen LogP contribution in [-0.4, -0.2) is 52.2 Å². The number of aliphatic hydroxyl groups is 2. The molecule has 0 aliphatic rings. The first-order valence-electron chi connectivity index (χ1n) is 9.94. The van der Waals surface area contributed by atoms with Crippen LogP contribution in [0.25, 0.3) is 11.5 Å². The molecule has 0 unspecified atom stereocenters. The second kappa shape index (κ2) is 15.1. The fraction of sp³-hybridized carbons (Fsp3) is 0.182. The smallest absolute Gasteiger partial charge is 0.334 e. The van der Waals surface area contributed by atoms with Crippen molar-refractivity contribution in [2.75, 3.05) is 13.2 Å².